The van der Waals surface area contributed by atoms with E-state index in [1.54, 1.807) is 6.20 Å². The molecule has 1 aromatic rings. The van der Waals surface area contributed by atoms with E-state index in [0.29, 0.717) is 11.8 Å². The Hall–Kier alpha value is -1.12. The molecule has 0 amide bonds. The number of nitrogens with zero attached hydrogens (tertiary/aromatic N) is 1. The molecule has 0 bridgehead atoms. The first-order valence-corrected chi connectivity index (χ1v) is 3.82. The van der Waals surface area contributed by atoms with Crippen molar-refractivity contribution in [3.63, 3.8) is 0 Å². The fraction of sp³-hybridized carbons (Fsp3) is 0.500. The third-order valence-electron chi connectivity index (χ3n) is 2.15. The van der Waals surface area contributed by atoms with Crippen LogP contribution in [0.2, 0.25) is 0 Å². The van der Waals surface area contributed by atoms with Crippen LogP contribution in [0.3, 0.4) is 0 Å². The molecular formula is C8H10N2O. The van der Waals surface area contributed by atoms with Gasteiger partial charge in [0.1, 0.15) is 5.82 Å². The second kappa shape index (κ2) is 2.19. The number of rotatable bonds is 1. The molecule has 1 heterocycles. The first-order chi connectivity index (χ1) is 5.27. The number of aromatic amines is 1. The molecule has 0 unspecified atom stereocenters. The van der Waals surface area contributed by atoms with Gasteiger partial charge in [0, 0.05) is 18.2 Å². The van der Waals surface area contributed by atoms with Crippen molar-refractivity contribution >= 4 is 0 Å². The Balaban J connectivity index is 2.32. The van der Waals surface area contributed by atoms with Crippen molar-refractivity contribution in [3.05, 3.63) is 28.4 Å². The summed E-state index contributed by atoms with van der Waals surface area (Å²) in [5, 5.41) is 0. The predicted octanol–water partition coefficient (Wildman–Crippen LogP) is 0.893. The van der Waals surface area contributed by atoms with Crippen LogP contribution in [0, 0.1) is 5.92 Å². The van der Waals surface area contributed by atoms with Crippen molar-refractivity contribution in [1.29, 1.82) is 0 Å². The first kappa shape index (κ1) is 6.58. The van der Waals surface area contributed by atoms with Crippen LogP contribution >= 0.6 is 0 Å². The van der Waals surface area contributed by atoms with E-state index in [1.807, 2.05) is 0 Å². The van der Waals surface area contributed by atoms with E-state index in [0.717, 1.165) is 12.2 Å². The third kappa shape index (κ3) is 1.18. The van der Waals surface area contributed by atoms with E-state index in [1.165, 1.54) is 6.07 Å². The van der Waals surface area contributed by atoms with Crippen molar-refractivity contribution in [2.75, 3.05) is 0 Å². The van der Waals surface area contributed by atoms with Gasteiger partial charge in [-0.3, -0.25) is 4.79 Å². The molecule has 2 rings (SSSR count). The molecule has 0 aliphatic heterocycles. The Morgan fingerprint density at radius 3 is 3.00 bits per heavy atom. The highest BCUT2D eigenvalue weighted by atomic mass is 16.1. The van der Waals surface area contributed by atoms with E-state index in [-0.39, 0.29) is 5.56 Å². The van der Waals surface area contributed by atoms with Crippen LogP contribution in [0.1, 0.15) is 25.1 Å². The van der Waals surface area contributed by atoms with Crippen molar-refractivity contribution < 1.29 is 0 Å². The predicted molar refractivity (Wildman–Crippen MR) is 41.4 cm³/mol. The van der Waals surface area contributed by atoms with E-state index >= 15 is 0 Å². The SMILES string of the molecule is C[C@H]1C[C@@H]1c1nccc(=O)[nH]1. The average molecular weight is 150 g/mol. The number of hydrogen-bond donors (Lipinski definition) is 1. The monoisotopic (exact) mass is 150 g/mol. The topological polar surface area (TPSA) is 45.8 Å². The van der Waals surface area contributed by atoms with Gasteiger partial charge in [-0.1, -0.05) is 6.92 Å². The Bertz CT molecular complexity index is 318. The molecule has 0 spiro atoms. The molecule has 0 radical (unpaired) electrons. The summed E-state index contributed by atoms with van der Waals surface area (Å²) in [5.74, 6) is 2.05. The Morgan fingerprint density at radius 2 is 2.45 bits per heavy atom. The van der Waals surface area contributed by atoms with Crippen LogP contribution in [0.5, 0.6) is 0 Å². The van der Waals surface area contributed by atoms with Gasteiger partial charge in [-0.05, 0) is 12.3 Å². The minimum absolute atomic E-state index is 0.0471. The van der Waals surface area contributed by atoms with E-state index in [4.69, 9.17) is 0 Å². The van der Waals surface area contributed by atoms with Gasteiger partial charge in [-0.25, -0.2) is 4.98 Å². The molecule has 2 atom stereocenters. The van der Waals surface area contributed by atoms with E-state index in [9.17, 15) is 4.79 Å². The molecule has 1 saturated carbocycles. The second-order valence-corrected chi connectivity index (χ2v) is 3.14. The number of hydrogen-bond acceptors (Lipinski definition) is 2. The molecule has 1 fully saturated rings. The normalized spacial score (nSPS) is 28.5. The summed E-state index contributed by atoms with van der Waals surface area (Å²) in [6, 6.07) is 1.44. The summed E-state index contributed by atoms with van der Waals surface area (Å²) in [5.41, 5.74) is -0.0471. The minimum atomic E-state index is -0.0471. The molecular weight excluding hydrogens is 140 g/mol. The molecule has 0 saturated heterocycles. The van der Waals surface area contributed by atoms with Crippen molar-refractivity contribution in [1.82, 2.24) is 9.97 Å². The summed E-state index contributed by atoms with van der Waals surface area (Å²) < 4.78 is 0. The first-order valence-electron chi connectivity index (χ1n) is 3.82. The van der Waals surface area contributed by atoms with Crippen molar-refractivity contribution in [2.45, 2.75) is 19.3 Å². The maximum atomic E-state index is 10.8. The largest absolute Gasteiger partial charge is 0.310 e. The lowest BCUT2D eigenvalue weighted by molar-refractivity contribution is 0.833. The van der Waals surface area contributed by atoms with E-state index in [2.05, 4.69) is 16.9 Å². The van der Waals surface area contributed by atoms with Crippen LogP contribution in [0.25, 0.3) is 0 Å². The zero-order valence-corrected chi connectivity index (χ0v) is 6.37. The average Bonchev–Trinajstić information content (AvgIpc) is 2.67. The zero-order chi connectivity index (χ0) is 7.84. The molecule has 58 valence electrons. The van der Waals surface area contributed by atoms with Crippen molar-refractivity contribution in [3.8, 4) is 0 Å². The Morgan fingerprint density at radius 1 is 1.73 bits per heavy atom. The quantitative estimate of drug-likeness (QED) is 0.646. The van der Waals surface area contributed by atoms with Crippen molar-refractivity contribution in [2.24, 2.45) is 5.92 Å². The minimum Gasteiger partial charge on any atom is -0.310 e. The van der Waals surface area contributed by atoms with Crippen LogP contribution in [-0.2, 0) is 0 Å². The van der Waals surface area contributed by atoms with Gasteiger partial charge in [0.05, 0.1) is 0 Å². The van der Waals surface area contributed by atoms with Gasteiger partial charge in [0.2, 0.25) is 0 Å². The molecule has 11 heavy (non-hydrogen) atoms. The lowest BCUT2D eigenvalue weighted by Gasteiger charge is -1.93. The molecule has 0 aromatic carbocycles. The van der Waals surface area contributed by atoms with Gasteiger partial charge in [-0.2, -0.15) is 0 Å². The molecule has 1 N–H and O–H groups in total. The third-order valence-corrected chi connectivity index (χ3v) is 2.15. The highest BCUT2D eigenvalue weighted by Crippen LogP contribution is 2.44. The van der Waals surface area contributed by atoms with Crippen LogP contribution in [0.15, 0.2) is 17.1 Å². The van der Waals surface area contributed by atoms with Gasteiger partial charge in [0.25, 0.3) is 5.56 Å². The molecule has 3 nitrogen and oxygen atoms in total. The van der Waals surface area contributed by atoms with Crippen LogP contribution in [-0.4, -0.2) is 9.97 Å². The molecule has 3 heteroatoms. The summed E-state index contributed by atoms with van der Waals surface area (Å²) >= 11 is 0. The van der Waals surface area contributed by atoms with Gasteiger partial charge >= 0.3 is 0 Å². The Kier molecular flexibility index (Phi) is 1.31. The highest BCUT2D eigenvalue weighted by molar-refractivity contribution is 5.08. The summed E-state index contributed by atoms with van der Waals surface area (Å²) in [4.78, 5) is 17.7. The fourth-order valence-corrected chi connectivity index (χ4v) is 1.28. The van der Waals surface area contributed by atoms with Crippen LogP contribution in [0.4, 0.5) is 0 Å². The van der Waals surface area contributed by atoms with Gasteiger partial charge in [0.15, 0.2) is 0 Å². The number of H-pyrrole nitrogens is 1. The zero-order valence-electron chi connectivity index (χ0n) is 6.37. The van der Waals surface area contributed by atoms with Crippen LogP contribution < -0.4 is 5.56 Å². The highest BCUT2D eigenvalue weighted by Gasteiger charge is 2.35. The standard InChI is InChI=1S/C8H10N2O/c1-5-4-6(5)8-9-3-2-7(11)10-8/h2-3,5-6H,4H2,1H3,(H,9,10,11)/t5-,6-/m0/s1. The summed E-state index contributed by atoms with van der Waals surface area (Å²) in [6.07, 6.45) is 2.73. The lowest BCUT2D eigenvalue weighted by Crippen LogP contribution is -2.07. The van der Waals surface area contributed by atoms with Gasteiger partial charge in [-0.15, -0.1) is 0 Å². The summed E-state index contributed by atoms with van der Waals surface area (Å²) in [7, 11) is 0. The second-order valence-electron chi connectivity index (χ2n) is 3.14. The molecule has 1 aromatic heterocycles. The number of nitrogens with one attached hydrogen (secondary N) is 1. The molecule has 1 aliphatic rings. The molecule has 1 aliphatic carbocycles. The van der Waals surface area contributed by atoms with Gasteiger partial charge < -0.3 is 4.98 Å². The number of aromatic nitrogens is 2. The summed E-state index contributed by atoms with van der Waals surface area (Å²) in [6.45, 7) is 2.16. The smallest absolute Gasteiger partial charge is 0.250 e. The fourth-order valence-electron chi connectivity index (χ4n) is 1.28. The lowest BCUT2D eigenvalue weighted by atomic mass is 10.3. The maximum Gasteiger partial charge on any atom is 0.250 e. The Labute approximate surface area is 64.5 Å². The van der Waals surface area contributed by atoms with E-state index < -0.39 is 0 Å². The maximum absolute atomic E-state index is 10.8.